The molecule has 0 unspecified atom stereocenters. The minimum atomic E-state index is -0.0840. The molecular weight excluding hydrogens is 350 g/mol. The highest BCUT2D eigenvalue weighted by molar-refractivity contribution is 6.05. The van der Waals surface area contributed by atoms with Crippen LogP contribution in [0, 0.1) is 0 Å². The lowest BCUT2D eigenvalue weighted by Crippen LogP contribution is -2.32. The van der Waals surface area contributed by atoms with E-state index in [9.17, 15) is 4.79 Å². The van der Waals surface area contributed by atoms with E-state index in [0.717, 1.165) is 48.0 Å². The standard InChI is InChI=1S/C22H25N5O/c28-22(24-17-5-1-2-6-17)21-19-12-15(7-8-20(19)25-26-21)16-11-18(14-23-13-16)27-9-3-4-10-27/h7-8,11-14,17H,1-6,9-10H2,(H,24,28)(H,25,26). The quantitative estimate of drug-likeness (QED) is 0.725. The maximum atomic E-state index is 12.7. The molecule has 2 N–H and O–H groups in total. The number of fused-ring (bicyclic) bond motifs is 1. The first-order valence-electron chi connectivity index (χ1n) is 10.3. The molecule has 2 aliphatic rings. The highest BCUT2D eigenvalue weighted by atomic mass is 16.2. The number of hydrogen-bond donors (Lipinski definition) is 2. The Balaban J connectivity index is 1.46. The van der Waals surface area contributed by atoms with Gasteiger partial charge in [0.1, 0.15) is 0 Å². The monoisotopic (exact) mass is 375 g/mol. The number of pyridine rings is 1. The summed E-state index contributed by atoms with van der Waals surface area (Å²) < 4.78 is 0. The van der Waals surface area contributed by atoms with Gasteiger partial charge in [-0.3, -0.25) is 14.9 Å². The van der Waals surface area contributed by atoms with E-state index in [1.165, 1.54) is 31.4 Å². The fourth-order valence-corrected chi connectivity index (χ4v) is 4.42. The number of aromatic nitrogens is 3. The first-order valence-corrected chi connectivity index (χ1v) is 10.3. The first-order chi connectivity index (χ1) is 13.8. The van der Waals surface area contributed by atoms with E-state index in [4.69, 9.17) is 0 Å². The maximum absolute atomic E-state index is 12.7. The maximum Gasteiger partial charge on any atom is 0.272 e. The molecule has 6 heteroatoms. The number of amides is 1. The predicted octanol–water partition coefficient (Wildman–Crippen LogP) is 3.90. The lowest BCUT2D eigenvalue weighted by molar-refractivity contribution is 0.0934. The summed E-state index contributed by atoms with van der Waals surface area (Å²) in [6.07, 6.45) is 10.8. The largest absolute Gasteiger partial charge is 0.370 e. The van der Waals surface area contributed by atoms with Gasteiger partial charge in [-0.15, -0.1) is 0 Å². The summed E-state index contributed by atoms with van der Waals surface area (Å²) in [7, 11) is 0. The third kappa shape index (κ3) is 3.23. The van der Waals surface area contributed by atoms with Crippen molar-refractivity contribution in [2.24, 2.45) is 0 Å². The average Bonchev–Trinajstić information content (AvgIpc) is 3.48. The fourth-order valence-electron chi connectivity index (χ4n) is 4.42. The van der Waals surface area contributed by atoms with E-state index in [1.54, 1.807) is 0 Å². The molecule has 1 aliphatic carbocycles. The van der Waals surface area contributed by atoms with Crippen LogP contribution in [0.2, 0.25) is 0 Å². The number of rotatable bonds is 4. The molecule has 1 saturated heterocycles. The molecule has 6 nitrogen and oxygen atoms in total. The van der Waals surface area contributed by atoms with Crippen LogP contribution in [-0.4, -0.2) is 40.2 Å². The van der Waals surface area contributed by atoms with Gasteiger partial charge >= 0.3 is 0 Å². The molecule has 5 rings (SSSR count). The molecule has 3 aromatic rings. The Kier molecular flexibility index (Phi) is 4.47. The van der Waals surface area contributed by atoms with Crippen molar-refractivity contribution < 1.29 is 4.79 Å². The van der Waals surface area contributed by atoms with Crippen LogP contribution in [-0.2, 0) is 0 Å². The number of nitrogens with one attached hydrogen (secondary N) is 2. The highest BCUT2D eigenvalue weighted by Gasteiger charge is 2.21. The average molecular weight is 375 g/mol. The second-order valence-corrected chi connectivity index (χ2v) is 7.91. The van der Waals surface area contributed by atoms with Crippen molar-refractivity contribution in [3.63, 3.8) is 0 Å². The second kappa shape index (κ2) is 7.26. The van der Waals surface area contributed by atoms with Crippen molar-refractivity contribution in [2.45, 2.75) is 44.6 Å². The van der Waals surface area contributed by atoms with Crippen molar-refractivity contribution in [1.29, 1.82) is 0 Å². The van der Waals surface area contributed by atoms with Crippen LogP contribution in [0.4, 0.5) is 5.69 Å². The number of H-pyrrole nitrogens is 1. The molecule has 1 aliphatic heterocycles. The summed E-state index contributed by atoms with van der Waals surface area (Å²) in [5, 5.41) is 11.3. The van der Waals surface area contributed by atoms with Crippen LogP contribution < -0.4 is 10.2 Å². The van der Waals surface area contributed by atoms with Gasteiger partial charge in [0.15, 0.2) is 5.69 Å². The molecule has 144 valence electrons. The van der Waals surface area contributed by atoms with Crippen LogP contribution in [0.15, 0.2) is 36.7 Å². The SMILES string of the molecule is O=C(NC1CCCC1)c1n[nH]c2ccc(-c3cncc(N4CCCC4)c3)cc12. The molecule has 1 saturated carbocycles. The topological polar surface area (TPSA) is 73.9 Å². The molecule has 0 bridgehead atoms. The lowest BCUT2D eigenvalue weighted by atomic mass is 10.0. The van der Waals surface area contributed by atoms with E-state index >= 15 is 0 Å². The zero-order valence-corrected chi connectivity index (χ0v) is 15.9. The number of anilines is 1. The number of benzene rings is 1. The van der Waals surface area contributed by atoms with E-state index in [2.05, 4.69) is 37.5 Å². The normalized spacial score (nSPS) is 17.5. The summed E-state index contributed by atoms with van der Waals surface area (Å²) in [4.78, 5) is 19.6. The number of nitrogens with zero attached hydrogens (tertiary/aromatic N) is 3. The van der Waals surface area contributed by atoms with Gasteiger partial charge in [-0.2, -0.15) is 5.10 Å². The molecule has 2 aromatic heterocycles. The third-order valence-corrected chi connectivity index (χ3v) is 6.00. The Bertz CT molecular complexity index is 999. The zero-order chi connectivity index (χ0) is 18.9. The molecule has 1 aromatic carbocycles. The Labute approximate surface area is 164 Å². The van der Waals surface area contributed by atoms with Crippen LogP contribution >= 0.6 is 0 Å². The van der Waals surface area contributed by atoms with Crippen molar-refractivity contribution in [1.82, 2.24) is 20.5 Å². The number of carbonyl (C=O) groups excluding carboxylic acids is 1. The van der Waals surface area contributed by atoms with Crippen LogP contribution in [0.1, 0.15) is 49.0 Å². The molecule has 0 radical (unpaired) electrons. The summed E-state index contributed by atoms with van der Waals surface area (Å²) in [5.74, 6) is -0.0840. The number of aromatic amines is 1. The van der Waals surface area contributed by atoms with Gasteiger partial charge in [0, 0.05) is 36.3 Å². The van der Waals surface area contributed by atoms with Crippen molar-refractivity contribution in [3.8, 4) is 11.1 Å². The van der Waals surface area contributed by atoms with Crippen LogP contribution in [0.25, 0.3) is 22.0 Å². The molecule has 0 spiro atoms. The molecule has 0 atom stereocenters. The minimum absolute atomic E-state index is 0.0840. The Hall–Kier alpha value is -2.89. The van der Waals surface area contributed by atoms with Crippen LogP contribution in [0.3, 0.4) is 0 Å². The van der Waals surface area contributed by atoms with Crippen molar-refractivity contribution in [2.75, 3.05) is 18.0 Å². The van der Waals surface area contributed by atoms with E-state index < -0.39 is 0 Å². The molecule has 28 heavy (non-hydrogen) atoms. The van der Waals surface area contributed by atoms with E-state index in [-0.39, 0.29) is 11.9 Å². The van der Waals surface area contributed by atoms with Gasteiger partial charge in [-0.1, -0.05) is 18.9 Å². The Morgan fingerprint density at radius 3 is 2.68 bits per heavy atom. The zero-order valence-electron chi connectivity index (χ0n) is 15.9. The second-order valence-electron chi connectivity index (χ2n) is 7.91. The van der Waals surface area contributed by atoms with Gasteiger partial charge in [0.2, 0.25) is 0 Å². The third-order valence-electron chi connectivity index (χ3n) is 6.00. The van der Waals surface area contributed by atoms with Crippen LogP contribution in [0.5, 0.6) is 0 Å². The highest BCUT2D eigenvalue weighted by Crippen LogP contribution is 2.29. The van der Waals surface area contributed by atoms with E-state index in [0.29, 0.717) is 5.69 Å². The molecule has 2 fully saturated rings. The fraction of sp³-hybridized carbons (Fsp3) is 0.409. The summed E-state index contributed by atoms with van der Waals surface area (Å²) in [6, 6.07) is 8.57. The Morgan fingerprint density at radius 2 is 1.86 bits per heavy atom. The lowest BCUT2D eigenvalue weighted by Gasteiger charge is -2.17. The van der Waals surface area contributed by atoms with Gasteiger partial charge in [0.05, 0.1) is 17.4 Å². The van der Waals surface area contributed by atoms with Crippen molar-refractivity contribution in [3.05, 3.63) is 42.4 Å². The molecular formula is C22H25N5O. The predicted molar refractivity (Wildman–Crippen MR) is 110 cm³/mol. The number of hydrogen-bond acceptors (Lipinski definition) is 4. The smallest absolute Gasteiger partial charge is 0.272 e. The Morgan fingerprint density at radius 1 is 1.04 bits per heavy atom. The van der Waals surface area contributed by atoms with Gasteiger partial charge < -0.3 is 10.2 Å². The minimum Gasteiger partial charge on any atom is -0.370 e. The summed E-state index contributed by atoms with van der Waals surface area (Å²) >= 11 is 0. The number of carbonyl (C=O) groups is 1. The summed E-state index contributed by atoms with van der Waals surface area (Å²) in [6.45, 7) is 2.19. The summed E-state index contributed by atoms with van der Waals surface area (Å²) in [5.41, 5.74) is 4.64. The van der Waals surface area contributed by atoms with Gasteiger partial charge in [-0.25, -0.2) is 0 Å². The molecule has 3 heterocycles. The van der Waals surface area contributed by atoms with Gasteiger partial charge in [-0.05, 0) is 49.4 Å². The van der Waals surface area contributed by atoms with Crippen molar-refractivity contribution >= 4 is 22.5 Å². The molecule has 1 amide bonds. The van der Waals surface area contributed by atoms with E-state index in [1.807, 2.05) is 24.5 Å². The first kappa shape index (κ1) is 17.2. The van der Waals surface area contributed by atoms with Gasteiger partial charge in [0.25, 0.3) is 5.91 Å².